The van der Waals surface area contributed by atoms with Crippen LogP contribution in [-0.2, 0) is 27.4 Å². The van der Waals surface area contributed by atoms with Crippen LogP contribution in [-0.4, -0.2) is 29.4 Å². The highest BCUT2D eigenvalue weighted by molar-refractivity contribution is 6.29. The average molecular weight is 348 g/mol. The molecular formula is C17H18ClN3O3. The summed E-state index contributed by atoms with van der Waals surface area (Å²) >= 11 is 5.71. The van der Waals surface area contributed by atoms with Crippen LogP contribution in [0.4, 0.5) is 0 Å². The lowest BCUT2D eigenvalue weighted by Gasteiger charge is -2.15. The van der Waals surface area contributed by atoms with E-state index >= 15 is 0 Å². The van der Waals surface area contributed by atoms with Gasteiger partial charge in [0, 0.05) is 12.6 Å². The number of halogens is 1. The fourth-order valence-corrected chi connectivity index (χ4v) is 2.17. The predicted octanol–water partition coefficient (Wildman–Crippen LogP) is 1.46. The van der Waals surface area contributed by atoms with E-state index in [0.29, 0.717) is 11.8 Å². The summed E-state index contributed by atoms with van der Waals surface area (Å²) in [5.74, 6) is -1.03. The van der Waals surface area contributed by atoms with Gasteiger partial charge in [-0.25, -0.2) is 4.98 Å². The van der Waals surface area contributed by atoms with Crippen molar-refractivity contribution in [2.45, 2.75) is 19.1 Å². The van der Waals surface area contributed by atoms with Gasteiger partial charge in [-0.2, -0.15) is 0 Å². The van der Waals surface area contributed by atoms with E-state index in [1.54, 1.807) is 12.1 Å². The van der Waals surface area contributed by atoms with E-state index in [1.165, 1.54) is 6.20 Å². The van der Waals surface area contributed by atoms with Gasteiger partial charge in [-0.05, 0) is 17.2 Å². The van der Waals surface area contributed by atoms with Gasteiger partial charge in [0.1, 0.15) is 17.8 Å². The van der Waals surface area contributed by atoms with Crippen molar-refractivity contribution < 1.29 is 14.3 Å². The van der Waals surface area contributed by atoms with Crippen LogP contribution in [0.3, 0.4) is 0 Å². The highest BCUT2D eigenvalue weighted by Gasteiger charge is 2.18. The molecule has 0 saturated heterocycles. The summed E-state index contributed by atoms with van der Waals surface area (Å²) < 4.78 is 5.33. The van der Waals surface area contributed by atoms with Crippen LogP contribution in [0.5, 0.6) is 0 Å². The molecule has 0 aliphatic rings. The Kier molecular flexibility index (Phi) is 6.72. The summed E-state index contributed by atoms with van der Waals surface area (Å²) in [5, 5.41) is 2.92. The van der Waals surface area contributed by atoms with Crippen molar-refractivity contribution in [2.75, 3.05) is 6.61 Å². The van der Waals surface area contributed by atoms with Crippen LogP contribution in [0.25, 0.3) is 0 Å². The van der Waals surface area contributed by atoms with Crippen LogP contribution in [0.15, 0.2) is 48.7 Å². The molecule has 2 amide bonds. The second-order valence-electron chi connectivity index (χ2n) is 5.19. The number of benzene rings is 1. The summed E-state index contributed by atoms with van der Waals surface area (Å²) in [7, 11) is 0. The SMILES string of the molecule is NC(=O)[C@H](Cc1ccc(Cl)nc1)NC(=O)COCc1ccccc1. The molecule has 0 saturated carbocycles. The zero-order chi connectivity index (χ0) is 17.4. The Morgan fingerprint density at radius 2 is 1.92 bits per heavy atom. The minimum atomic E-state index is -0.833. The first-order valence-electron chi connectivity index (χ1n) is 7.35. The molecule has 0 aliphatic carbocycles. The standard InChI is InChI=1S/C17H18ClN3O3/c18-15-7-6-13(9-20-15)8-14(17(19)23)21-16(22)11-24-10-12-4-2-1-3-5-12/h1-7,9,14H,8,10-11H2,(H2,19,23)(H,21,22)/t14-/m0/s1. The lowest BCUT2D eigenvalue weighted by molar-refractivity contribution is -0.130. The number of carbonyl (C=O) groups is 2. The molecule has 0 radical (unpaired) electrons. The average Bonchev–Trinajstić information content (AvgIpc) is 2.57. The predicted molar refractivity (Wildman–Crippen MR) is 90.2 cm³/mol. The third kappa shape index (κ3) is 5.98. The molecule has 0 spiro atoms. The monoisotopic (exact) mass is 347 g/mol. The summed E-state index contributed by atoms with van der Waals surface area (Å²) in [4.78, 5) is 27.4. The molecule has 7 heteroatoms. The maximum atomic E-state index is 11.9. The van der Waals surface area contributed by atoms with Gasteiger partial charge < -0.3 is 15.8 Å². The molecule has 0 fully saturated rings. The molecule has 6 nitrogen and oxygen atoms in total. The fraction of sp³-hybridized carbons (Fsp3) is 0.235. The number of primary amides is 1. The molecule has 0 unspecified atom stereocenters. The smallest absolute Gasteiger partial charge is 0.246 e. The fourth-order valence-electron chi connectivity index (χ4n) is 2.06. The summed E-state index contributed by atoms with van der Waals surface area (Å²) in [6.45, 7) is 0.161. The number of nitrogens with one attached hydrogen (secondary N) is 1. The largest absolute Gasteiger partial charge is 0.368 e. The van der Waals surface area contributed by atoms with Crippen molar-refractivity contribution in [3.8, 4) is 0 Å². The Morgan fingerprint density at radius 1 is 1.17 bits per heavy atom. The number of rotatable bonds is 8. The van der Waals surface area contributed by atoms with E-state index < -0.39 is 17.9 Å². The van der Waals surface area contributed by atoms with Gasteiger partial charge in [0.05, 0.1) is 6.61 Å². The zero-order valence-electron chi connectivity index (χ0n) is 12.9. The quantitative estimate of drug-likeness (QED) is 0.707. The number of hydrogen-bond donors (Lipinski definition) is 2. The lowest BCUT2D eigenvalue weighted by Crippen LogP contribution is -2.47. The van der Waals surface area contributed by atoms with E-state index in [4.69, 9.17) is 22.1 Å². The Hall–Kier alpha value is -2.44. The van der Waals surface area contributed by atoms with Crippen LogP contribution in [0.2, 0.25) is 5.15 Å². The Bertz CT molecular complexity index is 677. The Balaban J connectivity index is 1.82. The topological polar surface area (TPSA) is 94.3 Å². The molecule has 0 aliphatic heterocycles. The lowest BCUT2D eigenvalue weighted by atomic mass is 10.1. The third-order valence-corrected chi connectivity index (χ3v) is 3.48. The number of hydrogen-bond acceptors (Lipinski definition) is 4. The maximum absolute atomic E-state index is 11.9. The van der Waals surface area contributed by atoms with Gasteiger partial charge >= 0.3 is 0 Å². The molecule has 1 aromatic heterocycles. The van der Waals surface area contributed by atoms with E-state index in [1.807, 2.05) is 30.3 Å². The zero-order valence-corrected chi connectivity index (χ0v) is 13.7. The van der Waals surface area contributed by atoms with Gasteiger partial charge in [-0.3, -0.25) is 9.59 Å². The molecule has 1 atom stereocenters. The van der Waals surface area contributed by atoms with Crippen molar-refractivity contribution in [2.24, 2.45) is 5.73 Å². The first-order chi connectivity index (χ1) is 11.5. The van der Waals surface area contributed by atoms with Crippen molar-refractivity contribution >= 4 is 23.4 Å². The van der Waals surface area contributed by atoms with Crippen molar-refractivity contribution in [3.05, 3.63) is 64.9 Å². The highest BCUT2D eigenvalue weighted by Crippen LogP contribution is 2.07. The number of ether oxygens (including phenoxy) is 1. The van der Waals surface area contributed by atoms with Gasteiger partial charge in [0.15, 0.2) is 0 Å². The third-order valence-electron chi connectivity index (χ3n) is 3.25. The molecule has 3 N–H and O–H groups in total. The number of aromatic nitrogens is 1. The van der Waals surface area contributed by atoms with Crippen molar-refractivity contribution in [1.29, 1.82) is 0 Å². The Labute approximate surface area is 145 Å². The minimum absolute atomic E-state index is 0.155. The number of amides is 2. The number of carbonyl (C=O) groups excluding carboxylic acids is 2. The van der Waals surface area contributed by atoms with Crippen LogP contribution in [0, 0.1) is 0 Å². The number of pyridine rings is 1. The molecule has 126 valence electrons. The molecular weight excluding hydrogens is 330 g/mol. The molecule has 24 heavy (non-hydrogen) atoms. The number of nitrogens with zero attached hydrogens (tertiary/aromatic N) is 1. The van der Waals surface area contributed by atoms with Gasteiger partial charge in [-0.1, -0.05) is 48.0 Å². The summed E-state index contributed by atoms with van der Waals surface area (Å²) in [6, 6.07) is 12.0. The Morgan fingerprint density at radius 3 is 2.54 bits per heavy atom. The van der Waals surface area contributed by atoms with E-state index in [0.717, 1.165) is 11.1 Å². The van der Waals surface area contributed by atoms with Gasteiger partial charge in [-0.15, -0.1) is 0 Å². The molecule has 0 bridgehead atoms. The van der Waals surface area contributed by atoms with Crippen molar-refractivity contribution in [3.63, 3.8) is 0 Å². The second kappa shape index (κ2) is 9.00. The van der Waals surface area contributed by atoms with E-state index in [2.05, 4.69) is 10.3 Å². The van der Waals surface area contributed by atoms with E-state index in [-0.39, 0.29) is 13.0 Å². The van der Waals surface area contributed by atoms with Crippen LogP contribution in [0.1, 0.15) is 11.1 Å². The van der Waals surface area contributed by atoms with Crippen LogP contribution >= 0.6 is 11.6 Å². The second-order valence-corrected chi connectivity index (χ2v) is 5.58. The molecule has 1 heterocycles. The van der Waals surface area contributed by atoms with Gasteiger partial charge in [0.25, 0.3) is 0 Å². The van der Waals surface area contributed by atoms with Crippen LogP contribution < -0.4 is 11.1 Å². The first-order valence-corrected chi connectivity index (χ1v) is 7.73. The normalized spacial score (nSPS) is 11.7. The summed E-state index contributed by atoms with van der Waals surface area (Å²) in [5.41, 5.74) is 7.05. The first kappa shape index (κ1) is 17.9. The van der Waals surface area contributed by atoms with E-state index in [9.17, 15) is 9.59 Å². The maximum Gasteiger partial charge on any atom is 0.246 e. The number of nitrogens with two attached hydrogens (primary N) is 1. The minimum Gasteiger partial charge on any atom is -0.368 e. The molecule has 2 rings (SSSR count). The summed E-state index contributed by atoms with van der Waals surface area (Å²) in [6.07, 6.45) is 1.78. The highest BCUT2D eigenvalue weighted by atomic mass is 35.5. The van der Waals surface area contributed by atoms with Crippen molar-refractivity contribution in [1.82, 2.24) is 10.3 Å². The molecule has 2 aromatic rings. The van der Waals surface area contributed by atoms with Gasteiger partial charge in [0.2, 0.25) is 11.8 Å². The molecule has 1 aromatic carbocycles.